The Morgan fingerprint density at radius 3 is 2.43 bits per heavy atom. The summed E-state index contributed by atoms with van der Waals surface area (Å²) in [6.45, 7) is 4.59. The lowest BCUT2D eigenvalue weighted by atomic mass is 10.1. The molecule has 35 heavy (non-hydrogen) atoms. The van der Waals surface area contributed by atoms with Crippen LogP contribution in [0, 0.1) is 23.4 Å². The number of hydrogen-bond donors (Lipinski definition) is 1. The topological polar surface area (TPSA) is 98.7 Å². The lowest BCUT2D eigenvalue weighted by molar-refractivity contribution is -0.0801. The first-order valence-electron chi connectivity index (χ1n) is 10.9. The van der Waals surface area contributed by atoms with Gasteiger partial charge in [0.25, 0.3) is 11.5 Å². The molecule has 3 aromatic rings. The Kier molecular flexibility index (Phi) is 6.14. The number of benzene rings is 1. The van der Waals surface area contributed by atoms with Gasteiger partial charge in [-0.3, -0.25) is 23.6 Å². The smallest absolute Gasteiger partial charge is 0.331 e. The molecule has 1 saturated heterocycles. The third-order valence-corrected chi connectivity index (χ3v) is 5.81. The Hall–Kier alpha value is -3.38. The Bertz CT molecular complexity index is 1450. The molecule has 1 N–H and O–H groups in total. The van der Waals surface area contributed by atoms with Gasteiger partial charge in [0.05, 0.1) is 24.0 Å². The SMILES string of the molecule is CC(C)Cn1c(=O)n(C)c(=O)c2c(C(=O)N3C[C@](C)(O)CO3)n(Cc3cc(F)c(F)cc3F)cc21. The van der Waals surface area contributed by atoms with Crippen molar-refractivity contribution in [2.75, 3.05) is 13.2 Å². The molecule has 3 heterocycles. The summed E-state index contributed by atoms with van der Waals surface area (Å²) in [7, 11) is 1.28. The fourth-order valence-corrected chi connectivity index (χ4v) is 4.13. The molecular weight excluding hydrogens is 469 g/mol. The molecule has 1 amide bonds. The Balaban J connectivity index is 1.99. The summed E-state index contributed by atoms with van der Waals surface area (Å²) in [5, 5.41) is 11.0. The van der Waals surface area contributed by atoms with E-state index in [9.17, 15) is 32.7 Å². The Morgan fingerprint density at radius 1 is 1.17 bits per heavy atom. The molecule has 0 bridgehead atoms. The zero-order chi connectivity index (χ0) is 25.8. The molecule has 0 aliphatic carbocycles. The van der Waals surface area contributed by atoms with Crippen LogP contribution in [0.4, 0.5) is 13.2 Å². The molecule has 1 aliphatic heterocycles. The van der Waals surface area contributed by atoms with E-state index in [4.69, 9.17) is 4.84 Å². The summed E-state index contributed by atoms with van der Waals surface area (Å²) in [5.74, 6) is -4.51. The molecule has 1 atom stereocenters. The minimum Gasteiger partial charge on any atom is -0.386 e. The van der Waals surface area contributed by atoms with Crippen LogP contribution in [0.15, 0.2) is 27.9 Å². The first-order valence-corrected chi connectivity index (χ1v) is 10.9. The standard InChI is InChI=1S/C23H25F3N4O5/c1-12(2)7-29-17-9-28(8-13-5-15(25)16(26)6-14(13)24)19(18(17)20(31)27(4)22(29)33)21(32)30-10-23(3,34)11-35-30/h5-6,9,12,34H,7-8,10-11H2,1-4H3/t23-/m0/s1. The Morgan fingerprint density at radius 2 is 1.83 bits per heavy atom. The van der Waals surface area contributed by atoms with Crippen LogP contribution in [0.25, 0.3) is 10.9 Å². The van der Waals surface area contributed by atoms with Gasteiger partial charge in [0.1, 0.15) is 23.7 Å². The fourth-order valence-electron chi connectivity index (χ4n) is 4.13. The lowest BCUT2D eigenvalue weighted by Gasteiger charge is -2.18. The molecule has 12 heteroatoms. The molecule has 0 spiro atoms. The first-order chi connectivity index (χ1) is 16.3. The average Bonchev–Trinajstić information content (AvgIpc) is 3.33. The summed E-state index contributed by atoms with van der Waals surface area (Å²) in [6.07, 6.45) is 1.34. The second kappa shape index (κ2) is 8.68. The van der Waals surface area contributed by atoms with Crippen molar-refractivity contribution >= 4 is 16.8 Å². The predicted molar refractivity (Wildman–Crippen MR) is 119 cm³/mol. The second-order valence-electron chi connectivity index (χ2n) is 9.49. The highest BCUT2D eigenvalue weighted by atomic mass is 19.2. The monoisotopic (exact) mass is 494 g/mol. The summed E-state index contributed by atoms with van der Waals surface area (Å²) in [5.41, 5.74) is -3.08. The van der Waals surface area contributed by atoms with Crippen molar-refractivity contribution in [1.82, 2.24) is 18.8 Å². The molecule has 1 aromatic carbocycles. The molecule has 4 rings (SSSR count). The normalized spacial score (nSPS) is 18.3. The highest BCUT2D eigenvalue weighted by Crippen LogP contribution is 2.26. The third kappa shape index (κ3) is 4.39. The number of fused-ring (bicyclic) bond motifs is 1. The van der Waals surface area contributed by atoms with Gasteiger partial charge in [0.2, 0.25) is 0 Å². The van der Waals surface area contributed by atoms with Gasteiger partial charge in [-0.15, -0.1) is 0 Å². The molecule has 0 saturated carbocycles. The van der Waals surface area contributed by atoms with Gasteiger partial charge in [-0.25, -0.2) is 23.0 Å². The predicted octanol–water partition coefficient (Wildman–Crippen LogP) is 1.76. The van der Waals surface area contributed by atoms with Gasteiger partial charge >= 0.3 is 5.69 Å². The summed E-state index contributed by atoms with van der Waals surface area (Å²) in [4.78, 5) is 44.9. The maximum atomic E-state index is 14.5. The molecule has 1 fully saturated rings. The van der Waals surface area contributed by atoms with E-state index in [2.05, 4.69) is 0 Å². The summed E-state index contributed by atoms with van der Waals surface area (Å²) >= 11 is 0. The van der Waals surface area contributed by atoms with Crippen molar-refractivity contribution in [3.05, 3.63) is 67.9 Å². The van der Waals surface area contributed by atoms with Crippen LogP contribution in [0.1, 0.15) is 36.8 Å². The van der Waals surface area contributed by atoms with E-state index in [-0.39, 0.29) is 47.8 Å². The molecule has 188 valence electrons. The minimum atomic E-state index is -1.37. The van der Waals surface area contributed by atoms with Crippen molar-refractivity contribution in [3.63, 3.8) is 0 Å². The van der Waals surface area contributed by atoms with Gasteiger partial charge in [-0.1, -0.05) is 13.8 Å². The average molecular weight is 494 g/mol. The fraction of sp³-hybridized carbons (Fsp3) is 0.435. The van der Waals surface area contributed by atoms with Crippen LogP contribution in [-0.2, 0) is 25.0 Å². The molecule has 0 unspecified atom stereocenters. The number of carbonyl (C=O) groups is 1. The van der Waals surface area contributed by atoms with E-state index in [1.54, 1.807) is 0 Å². The third-order valence-electron chi connectivity index (χ3n) is 5.81. The van der Waals surface area contributed by atoms with Gasteiger partial charge in [0.15, 0.2) is 11.6 Å². The van der Waals surface area contributed by atoms with Crippen molar-refractivity contribution < 1.29 is 27.9 Å². The maximum Gasteiger partial charge on any atom is 0.331 e. The van der Waals surface area contributed by atoms with E-state index in [0.717, 1.165) is 9.63 Å². The van der Waals surface area contributed by atoms with E-state index in [1.165, 1.54) is 29.3 Å². The molecule has 1 aliphatic rings. The molecule has 0 radical (unpaired) electrons. The summed E-state index contributed by atoms with van der Waals surface area (Å²) < 4.78 is 45.2. The van der Waals surface area contributed by atoms with Crippen LogP contribution < -0.4 is 11.2 Å². The van der Waals surface area contributed by atoms with Crippen LogP contribution in [-0.4, -0.2) is 48.5 Å². The molecule has 2 aromatic heterocycles. The lowest BCUT2D eigenvalue weighted by Crippen LogP contribution is -2.40. The minimum absolute atomic E-state index is 0.00319. The number of halogens is 3. The quantitative estimate of drug-likeness (QED) is 0.545. The second-order valence-corrected chi connectivity index (χ2v) is 9.49. The number of amides is 1. The molecule has 9 nitrogen and oxygen atoms in total. The largest absolute Gasteiger partial charge is 0.386 e. The first kappa shape index (κ1) is 24.7. The van der Waals surface area contributed by atoms with Crippen molar-refractivity contribution in [1.29, 1.82) is 0 Å². The van der Waals surface area contributed by atoms with E-state index < -0.39 is 46.8 Å². The van der Waals surface area contributed by atoms with Gasteiger partial charge in [-0.05, 0) is 18.9 Å². The van der Waals surface area contributed by atoms with E-state index in [0.29, 0.717) is 12.1 Å². The number of hydroxylamine groups is 2. The van der Waals surface area contributed by atoms with Crippen molar-refractivity contribution in [2.45, 2.75) is 39.5 Å². The zero-order valence-electron chi connectivity index (χ0n) is 19.6. The van der Waals surface area contributed by atoms with Crippen molar-refractivity contribution in [3.8, 4) is 0 Å². The number of rotatable bonds is 5. The van der Waals surface area contributed by atoms with Gasteiger partial charge < -0.3 is 9.67 Å². The number of hydrogen-bond acceptors (Lipinski definition) is 5. The van der Waals surface area contributed by atoms with E-state index in [1.807, 2.05) is 13.8 Å². The van der Waals surface area contributed by atoms with Crippen LogP contribution in [0.5, 0.6) is 0 Å². The zero-order valence-corrected chi connectivity index (χ0v) is 19.6. The number of aromatic nitrogens is 3. The maximum absolute atomic E-state index is 14.5. The van der Waals surface area contributed by atoms with E-state index >= 15 is 0 Å². The van der Waals surface area contributed by atoms with Crippen molar-refractivity contribution in [2.24, 2.45) is 13.0 Å². The van der Waals surface area contributed by atoms with Gasteiger partial charge in [-0.2, -0.15) is 0 Å². The number of carbonyl (C=O) groups excluding carboxylic acids is 1. The highest BCUT2D eigenvalue weighted by molar-refractivity contribution is 6.05. The number of aliphatic hydroxyl groups is 1. The van der Waals surface area contributed by atoms with Crippen LogP contribution in [0.2, 0.25) is 0 Å². The molecular formula is C23H25F3N4O5. The number of nitrogens with zero attached hydrogens (tertiary/aromatic N) is 4. The number of β-amino-alcohol motifs (C(OH)–C–C–N with tert-alkyl or cyclic N) is 1. The Labute approximate surface area is 197 Å². The summed E-state index contributed by atoms with van der Waals surface area (Å²) in [6, 6.07) is 1.06. The van der Waals surface area contributed by atoms with Crippen LogP contribution >= 0.6 is 0 Å². The van der Waals surface area contributed by atoms with Gasteiger partial charge in [0, 0.05) is 31.4 Å². The highest BCUT2D eigenvalue weighted by Gasteiger charge is 2.38. The van der Waals surface area contributed by atoms with Crippen LogP contribution in [0.3, 0.4) is 0 Å².